The zero-order valence-electron chi connectivity index (χ0n) is 3.01. The van der Waals surface area contributed by atoms with Crippen LogP contribution in [-0.4, -0.2) is 27.3 Å². The molecular weight excluding hydrogens is 151 g/mol. The van der Waals surface area contributed by atoms with Crippen LogP contribution >= 0.6 is 0 Å². The van der Waals surface area contributed by atoms with Crippen LogP contribution in [-0.2, 0) is 16.5 Å². The van der Waals surface area contributed by atoms with Gasteiger partial charge in [0.15, 0.2) is 0 Å². The fourth-order valence-corrected chi connectivity index (χ4v) is 0. The van der Waals surface area contributed by atoms with E-state index in [4.69, 9.17) is 15.0 Å². The summed E-state index contributed by atoms with van der Waals surface area (Å²) < 4.78 is 0. The van der Waals surface area contributed by atoms with Crippen molar-refractivity contribution in [2.24, 2.45) is 0 Å². The molecule has 0 atom stereocenters. The first kappa shape index (κ1) is 30.0. The number of carboxylic acid groups (broad SMARTS) is 2. The van der Waals surface area contributed by atoms with Gasteiger partial charge in [-0.05, 0) is 0 Å². The summed E-state index contributed by atoms with van der Waals surface area (Å²) >= 11 is 0. The fraction of sp³-hybridized carbons (Fsp3) is 0. The Balaban J connectivity index is -0.0000000150. The molecule has 0 aromatic rings. The van der Waals surface area contributed by atoms with Crippen LogP contribution < -0.4 is 0 Å². The largest absolute Gasteiger partial charge is 2.00 e. The van der Waals surface area contributed by atoms with Crippen LogP contribution in [0.4, 0.5) is 4.79 Å². The molecule has 48 valence electrons. The molecule has 0 spiro atoms. The normalized spacial score (nSPS) is 3.43. The van der Waals surface area contributed by atoms with Crippen LogP contribution in [0.2, 0.25) is 0 Å². The van der Waals surface area contributed by atoms with Gasteiger partial charge in [0.05, 0.1) is 0 Å². The van der Waals surface area contributed by atoms with Crippen molar-refractivity contribution in [2.45, 2.75) is 0 Å². The van der Waals surface area contributed by atoms with Crippen molar-refractivity contribution in [3.8, 4) is 0 Å². The summed E-state index contributed by atoms with van der Waals surface area (Å²) in [5.41, 5.74) is 0. The Morgan fingerprint density at radius 2 is 1.14 bits per heavy atom. The molecule has 0 saturated carbocycles. The Bertz CT molecular complexity index is 31.1. The summed E-state index contributed by atoms with van der Waals surface area (Å²) in [6.45, 7) is 0. The van der Waals surface area contributed by atoms with Crippen LogP contribution in [0.25, 0.3) is 0 Å². The van der Waals surface area contributed by atoms with Crippen LogP contribution in [0, 0.1) is 0 Å². The first-order valence-electron chi connectivity index (χ1n) is 0.651. The van der Waals surface area contributed by atoms with Crippen molar-refractivity contribution in [1.82, 2.24) is 0 Å². The van der Waals surface area contributed by atoms with Crippen LogP contribution in [0.5, 0.6) is 0 Å². The van der Waals surface area contributed by atoms with E-state index in [1.54, 1.807) is 0 Å². The van der Waals surface area contributed by atoms with Crippen molar-refractivity contribution >= 4 is 6.16 Å². The van der Waals surface area contributed by atoms with E-state index in [0.29, 0.717) is 0 Å². The first-order valence-corrected chi connectivity index (χ1v) is 0.651. The van der Waals surface area contributed by atoms with Gasteiger partial charge in [-0.2, -0.15) is 0 Å². The van der Waals surface area contributed by atoms with Gasteiger partial charge < -0.3 is 21.2 Å². The van der Waals surface area contributed by atoms with Crippen molar-refractivity contribution < 1.29 is 42.5 Å². The molecule has 0 rings (SSSR count). The third-order valence-corrected chi connectivity index (χ3v) is 0. The minimum absolute atomic E-state index is 0. The summed E-state index contributed by atoms with van der Waals surface area (Å²) in [5, 5.41) is 13.9. The van der Waals surface area contributed by atoms with Gasteiger partial charge in [-0.1, -0.05) is 0 Å². The zero-order valence-corrected chi connectivity index (χ0v) is 4.00. The molecule has 0 bridgehead atoms. The van der Waals surface area contributed by atoms with E-state index in [2.05, 4.69) is 0 Å². The Kier molecular flexibility index (Phi) is 74.1. The van der Waals surface area contributed by atoms with E-state index in [-0.39, 0.29) is 27.4 Å². The molecule has 6 heteroatoms. The fourth-order valence-electron chi connectivity index (χ4n) is 0. The Morgan fingerprint density at radius 1 is 1.14 bits per heavy atom. The number of carbonyl (C=O) groups is 1. The van der Waals surface area contributed by atoms with Gasteiger partial charge in [-0.25, -0.2) is 4.79 Å². The third kappa shape index (κ3) is 770. The van der Waals surface area contributed by atoms with Crippen molar-refractivity contribution in [2.75, 3.05) is 0 Å². The molecule has 0 unspecified atom stereocenters. The molecule has 5 nitrogen and oxygen atoms in total. The molecule has 0 heterocycles. The molecule has 0 aromatic carbocycles. The van der Waals surface area contributed by atoms with Crippen LogP contribution in [0.1, 0.15) is 0 Å². The van der Waals surface area contributed by atoms with Crippen molar-refractivity contribution in [3.05, 3.63) is 0 Å². The Hall–Kier alpha value is -0.316. The van der Waals surface area contributed by atoms with Crippen molar-refractivity contribution in [1.29, 1.82) is 0 Å². The van der Waals surface area contributed by atoms with E-state index in [1.165, 1.54) is 0 Å². The Morgan fingerprint density at radius 3 is 1.14 bits per heavy atom. The van der Waals surface area contributed by atoms with E-state index >= 15 is 0 Å². The average molecular weight is 155 g/mol. The topological polar surface area (TPSA) is 118 Å². The molecule has 0 radical (unpaired) electrons. The predicted octanol–water partition coefficient (Wildman–Crippen LogP) is -0.134. The molecule has 0 amide bonds. The summed E-state index contributed by atoms with van der Waals surface area (Å²) in [5.74, 6) is 0. The van der Waals surface area contributed by atoms with Gasteiger partial charge in [0.1, 0.15) is 0 Å². The van der Waals surface area contributed by atoms with Crippen LogP contribution in [0.15, 0.2) is 0 Å². The van der Waals surface area contributed by atoms with E-state index in [0.717, 1.165) is 0 Å². The number of rotatable bonds is 0. The number of hydrogen-bond donors (Lipinski definition) is 2. The van der Waals surface area contributed by atoms with Gasteiger partial charge in [0, 0.05) is 0 Å². The minimum atomic E-state index is -1.83. The zero-order chi connectivity index (χ0) is 3.58. The molecular formula is CH4NiO5. The second kappa shape index (κ2) is 17.3. The molecule has 0 aromatic heterocycles. The number of hydrogen-bond acceptors (Lipinski definition) is 3. The van der Waals surface area contributed by atoms with Crippen LogP contribution in [0.3, 0.4) is 0 Å². The average Bonchev–Trinajstić information content (AvgIpc) is 0.811. The summed E-state index contributed by atoms with van der Waals surface area (Å²) in [7, 11) is 0. The molecule has 0 aliphatic heterocycles. The van der Waals surface area contributed by atoms with E-state index < -0.39 is 6.16 Å². The van der Waals surface area contributed by atoms with Gasteiger partial charge in [-0.15, -0.1) is 0 Å². The van der Waals surface area contributed by atoms with Gasteiger partial charge >= 0.3 is 22.6 Å². The summed E-state index contributed by atoms with van der Waals surface area (Å²) in [6, 6.07) is 0. The maximum atomic E-state index is 8.56. The maximum Gasteiger partial charge on any atom is 2.00 e. The van der Waals surface area contributed by atoms with E-state index in [9.17, 15) is 0 Å². The standard InChI is InChI=1S/CH2O3.Ni.2H2O/c2-1(3)4;;;/h(H2,2,3,4);;2*1H2/q;+2;;/p-2. The summed E-state index contributed by atoms with van der Waals surface area (Å²) in [4.78, 5) is 8.56. The molecule has 0 saturated heterocycles. The Labute approximate surface area is 49.5 Å². The quantitative estimate of drug-likeness (QED) is 0.472. The van der Waals surface area contributed by atoms with Gasteiger partial charge in [0.25, 0.3) is 0 Å². The van der Waals surface area contributed by atoms with Crippen molar-refractivity contribution in [3.63, 3.8) is 0 Å². The molecule has 0 aliphatic rings. The second-order valence-corrected chi connectivity index (χ2v) is 0.283. The third-order valence-electron chi connectivity index (χ3n) is 0. The molecule has 0 aliphatic carbocycles. The minimum Gasteiger partial charge on any atom is -0.870 e. The maximum absolute atomic E-state index is 8.56. The summed E-state index contributed by atoms with van der Waals surface area (Å²) in [6.07, 6.45) is -1.83. The first-order chi connectivity index (χ1) is 1.73. The molecule has 0 fully saturated rings. The van der Waals surface area contributed by atoms with E-state index in [1.807, 2.05) is 0 Å². The molecule has 7 heavy (non-hydrogen) atoms. The smallest absolute Gasteiger partial charge is 0.870 e. The SMILES string of the molecule is O=C(O)O.[Ni+2].[OH-].[OH-]. The van der Waals surface area contributed by atoms with Gasteiger partial charge in [0.2, 0.25) is 0 Å². The predicted molar refractivity (Wildman–Crippen MR) is 14.5 cm³/mol. The van der Waals surface area contributed by atoms with Gasteiger partial charge in [-0.3, -0.25) is 0 Å². The monoisotopic (exact) mass is 154 g/mol. The molecule has 4 N–H and O–H groups in total. The second-order valence-electron chi connectivity index (χ2n) is 0.283.